The molecule has 0 amide bonds. The molecule has 0 spiro atoms. The van der Waals surface area contributed by atoms with Crippen LogP contribution in [0.25, 0.3) is 0 Å². The first-order valence-electron chi connectivity index (χ1n) is 12.9. The van der Waals surface area contributed by atoms with Gasteiger partial charge in [-0.2, -0.15) is 0 Å². The number of rotatable bonds is 12. The molecule has 1 aliphatic rings. The minimum Gasteiger partial charge on any atom is -0.494 e. The monoisotopic (exact) mass is 552 g/mol. The molecular weight excluding hydrogens is 512 g/mol. The van der Waals surface area contributed by atoms with Gasteiger partial charge in [-0.1, -0.05) is 12.1 Å². The summed E-state index contributed by atoms with van der Waals surface area (Å²) < 4.78 is 10.4. The van der Waals surface area contributed by atoms with Crippen molar-refractivity contribution in [2.45, 2.75) is 19.4 Å². The van der Waals surface area contributed by atoms with Crippen molar-refractivity contribution in [1.82, 2.24) is 19.6 Å². The molecule has 1 saturated heterocycles. The predicted octanol–water partition coefficient (Wildman–Crippen LogP) is -0.355. The van der Waals surface area contributed by atoms with Crippen molar-refractivity contribution in [3.05, 3.63) is 29.8 Å². The number of ether oxygens (including phenoxy) is 2. The van der Waals surface area contributed by atoms with Gasteiger partial charge in [-0.05, 0) is 31.0 Å². The van der Waals surface area contributed by atoms with Gasteiger partial charge >= 0.3 is 23.9 Å². The van der Waals surface area contributed by atoms with Gasteiger partial charge in [0.25, 0.3) is 0 Å². The standard InChI is InChI=1S/C26H40N4O9/c1-3-39-22-6-4-20(5-7-22)14-21-15-29(19-26(37)38-2)11-10-27(16-23(31)32)8-9-28(17-24(33)34)12-13-30(21)18-25(35)36/h4-7,21H,3,8-19H2,1-2H3,(H,31,32)(H,33,34)(H,35,36). The van der Waals surface area contributed by atoms with Crippen LogP contribution in [0, 0.1) is 0 Å². The zero-order valence-electron chi connectivity index (χ0n) is 22.7. The highest BCUT2D eigenvalue weighted by molar-refractivity contribution is 5.71. The smallest absolute Gasteiger partial charge is 0.319 e. The molecule has 1 fully saturated rings. The number of carboxylic acids is 3. The first-order valence-corrected chi connectivity index (χ1v) is 12.9. The second-order valence-corrected chi connectivity index (χ2v) is 9.45. The van der Waals surface area contributed by atoms with Crippen molar-refractivity contribution >= 4 is 23.9 Å². The second kappa shape index (κ2) is 16.6. The van der Waals surface area contributed by atoms with Crippen LogP contribution in [0.1, 0.15) is 12.5 Å². The van der Waals surface area contributed by atoms with Crippen molar-refractivity contribution in [3.8, 4) is 5.75 Å². The van der Waals surface area contributed by atoms with E-state index in [4.69, 9.17) is 9.47 Å². The molecular formula is C26H40N4O9. The number of esters is 1. The van der Waals surface area contributed by atoms with E-state index in [9.17, 15) is 34.5 Å². The Morgan fingerprint density at radius 2 is 1.28 bits per heavy atom. The summed E-state index contributed by atoms with van der Waals surface area (Å²) in [5.74, 6) is -2.78. The number of hydrogen-bond donors (Lipinski definition) is 3. The SMILES string of the molecule is CCOc1ccc(CC2CN(CC(=O)OC)CCN(CC(=O)O)CCN(CC(=O)O)CCN2CC(=O)O)cc1. The number of hydrogen-bond acceptors (Lipinski definition) is 10. The normalized spacial score (nSPS) is 19.0. The van der Waals surface area contributed by atoms with Crippen LogP contribution in [-0.2, 0) is 30.3 Å². The van der Waals surface area contributed by atoms with Gasteiger partial charge in [0.15, 0.2) is 0 Å². The summed E-state index contributed by atoms with van der Waals surface area (Å²) in [6.07, 6.45) is 0.467. The van der Waals surface area contributed by atoms with Crippen LogP contribution in [0.5, 0.6) is 5.75 Å². The van der Waals surface area contributed by atoms with Gasteiger partial charge in [0.2, 0.25) is 0 Å². The molecule has 1 aromatic carbocycles. The minimum absolute atomic E-state index is 0.0385. The quantitative estimate of drug-likeness (QED) is 0.289. The van der Waals surface area contributed by atoms with E-state index in [2.05, 4.69) is 0 Å². The highest BCUT2D eigenvalue weighted by Gasteiger charge is 2.27. The van der Waals surface area contributed by atoms with E-state index in [1.807, 2.05) is 36.1 Å². The summed E-state index contributed by atoms with van der Waals surface area (Å²) in [4.78, 5) is 54.1. The number of carbonyl (C=O) groups is 4. The zero-order valence-corrected chi connectivity index (χ0v) is 22.7. The van der Waals surface area contributed by atoms with Gasteiger partial charge in [0.1, 0.15) is 5.75 Å². The van der Waals surface area contributed by atoms with Crippen LogP contribution in [-0.4, -0.2) is 151 Å². The van der Waals surface area contributed by atoms with Crippen LogP contribution in [0.4, 0.5) is 0 Å². The van der Waals surface area contributed by atoms with E-state index in [0.29, 0.717) is 45.8 Å². The molecule has 0 bridgehead atoms. The summed E-state index contributed by atoms with van der Waals surface area (Å²) in [6.45, 7) is 3.75. The molecule has 1 aliphatic heterocycles. The number of carboxylic acid groups (broad SMARTS) is 3. The van der Waals surface area contributed by atoms with Gasteiger partial charge in [0.05, 0.1) is 39.9 Å². The molecule has 3 N–H and O–H groups in total. The Hall–Kier alpha value is -3.26. The van der Waals surface area contributed by atoms with Crippen molar-refractivity contribution in [2.75, 3.05) is 85.7 Å². The van der Waals surface area contributed by atoms with E-state index in [0.717, 1.165) is 11.3 Å². The molecule has 13 nitrogen and oxygen atoms in total. The third-order valence-electron chi connectivity index (χ3n) is 6.50. The van der Waals surface area contributed by atoms with Gasteiger partial charge in [-0.3, -0.25) is 38.8 Å². The Labute approximate surface area is 228 Å². The maximum absolute atomic E-state index is 12.2. The molecule has 0 radical (unpaired) electrons. The lowest BCUT2D eigenvalue weighted by Crippen LogP contribution is -2.53. The Morgan fingerprint density at radius 3 is 1.77 bits per heavy atom. The first kappa shape index (κ1) is 32.0. The van der Waals surface area contributed by atoms with Crippen LogP contribution < -0.4 is 4.74 Å². The van der Waals surface area contributed by atoms with E-state index < -0.39 is 23.9 Å². The highest BCUT2D eigenvalue weighted by Crippen LogP contribution is 2.17. The topological polar surface area (TPSA) is 160 Å². The Balaban J connectivity index is 2.40. The Kier molecular flexibility index (Phi) is 13.6. The molecule has 13 heteroatoms. The average molecular weight is 553 g/mol. The second-order valence-electron chi connectivity index (χ2n) is 9.45. The molecule has 0 aliphatic carbocycles. The Bertz CT molecular complexity index is 944. The molecule has 0 aromatic heterocycles. The van der Waals surface area contributed by atoms with Crippen molar-refractivity contribution < 1.29 is 44.0 Å². The number of benzene rings is 1. The third kappa shape index (κ3) is 12.4. The number of carbonyl (C=O) groups excluding carboxylic acids is 1. The first-order chi connectivity index (χ1) is 18.6. The molecule has 1 heterocycles. The fourth-order valence-electron chi connectivity index (χ4n) is 4.57. The summed E-state index contributed by atoms with van der Waals surface area (Å²) in [7, 11) is 1.29. The predicted molar refractivity (Wildman–Crippen MR) is 141 cm³/mol. The average Bonchev–Trinajstić information content (AvgIpc) is 2.86. The van der Waals surface area contributed by atoms with Gasteiger partial charge in [-0.15, -0.1) is 0 Å². The minimum atomic E-state index is -1.02. The van der Waals surface area contributed by atoms with Crippen molar-refractivity contribution in [2.24, 2.45) is 0 Å². The lowest BCUT2D eigenvalue weighted by molar-refractivity contribution is -0.143. The summed E-state index contributed by atoms with van der Waals surface area (Å²) >= 11 is 0. The summed E-state index contributed by atoms with van der Waals surface area (Å²) in [6, 6.07) is 7.18. The van der Waals surface area contributed by atoms with E-state index in [1.54, 1.807) is 14.7 Å². The van der Waals surface area contributed by atoms with Crippen LogP contribution in [0.3, 0.4) is 0 Å². The van der Waals surface area contributed by atoms with Crippen LogP contribution in [0.2, 0.25) is 0 Å². The van der Waals surface area contributed by atoms with Crippen LogP contribution in [0.15, 0.2) is 24.3 Å². The van der Waals surface area contributed by atoms with Crippen LogP contribution >= 0.6 is 0 Å². The third-order valence-corrected chi connectivity index (χ3v) is 6.50. The number of methoxy groups -OCH3 is 1. The molecule has 1 atom stereocenters. The van der Waals surface area contributed by atoms with E-state index in [1.165, 1.54) is 7.11 Å². The number of aliphatic carboxylic acids is 3. The fourth-order valence-corrected chi connectivity index (χ4v) is 4.57. The van der Waals surface area contributed by atoms with Gasteiger partial charge < -0.3 is 24.8 Å². The van der Waals surface area contributed by atoms with Crippen molar-refractivity contribution in [1.29, 1.82) is 0 Å². The molecule has 39 heavy (non-hydrogen) atoms. The zero-order chi connectivity index (χ0) is 28.8. The fraction of sp³-hybridized carbons (Fsp3) is 0.615. The molecule has 0 saturated carbocycles. The number of nitrogens with zero attached hydrogens (tertiary/aromatic N) is 4. The highest BCUT2D eigenvalue weighted by atomic mass is 16.5. The summed E-state index contributed by atoms with van der Waals surface area (Å²) in [5.41, 5.74) is 0.943. The van der Waals surface area contributed by atoms with Crippen molar-refractivity contribution in [3.63, 3.8) is 0 Å². The lowest BCUT2D eigenvalue weighted by Gasteiger charge is -2.37. The maximum Gasteiger partial charge on any atom is 0.319 e. The summed E-state index contributed by atoms with van der Waals surface area (Å²) in [5, 5.41) is 28.5. The molecule has 218 valence electrons. The van der Waals surface area contributed by atoms with E-state index in [-0.39, 0.29) is 45.3 Å². The van der Waals surface area contributed by atoms with Gasteiger partial charge in [0, 0.05) is 51.9 Å². The maximum atomic E-state index is 12.2. The van der Waals surface area contributed by atoms with E-state index >= 15 is 0 Å². The molecule has 1 unspecified atom stereocenters. The lowest BCUT2D eigenvalue weighted by atomic mass is 10.0. The molecule has 2 rings (SSSR count). The largest absolute Gasteiger partial charge is 0.494 e. The molecule has 1 aromatic rings. The van der Waals surface area contributed by atoms with Gasteiger partial charge in [-0.25, -0.2) is 0 Å². The Morgan fingerprint density at radius 1 is 0.769 bits per heavy atom.